The predicted molar refractivity (Wildman–Crippen MR) is 89.0 cm³/mol. The lowest BCUT2D eigenvalue weighted by atomic mass is 9.85. The number of hydrogen-bond donors (Lipinski definition) is 1. The smallest absolute Gasteiger partial charge is 0.347 e. The zero-order chi connectivity index (χ0) is 17.7. The molecule has 0 bridgehead atoms. The predicted octanol–water partition coefficient (Wildman–Crippen LogP) is 3.30. The monoisotopic (exact) mass is 330 g/mol. The Morgan fingerprint density at radius 3 is 2.38 bits per heavy atom. The Kier molecular flexibility index (Phi) is 5.36. The van der Waals surface area contributed by atoms with E-state index in [1.54, 1.807) is 49.4 Å². The number of aliphatic hydroxyl groups is 1. The van der Waals surface area contributed by atoms with E-state index in [0.717, 1.165) is 0 Å². The topological polar surface area (TPSA) is 55.8 Å². The van der Waals surface area contributed by atoms with E-state index in [9.17, 15) is 14.3 Å². The van der Waals surface area contributed by atoms with E-state index in [4.69, 9.17) is 9.47 Å². The Morgan fingerprint density at radius 2 is 1.83 bits per heavy atom. The zero-order valence-electron chi connectivity index (χ0n) is 13.7. The second-order valence-electron chi connectivity index (χ2n) is 5.31. The molecule has 1 unspecified atom stereocenters. The highest BCUT2D eigenvalue weighted by atomic mass is 19.1. The molecule has 1 N–H and O–H groups in total. The molecular weight excluding hydrogens is 311 g/mol. The first-order valence-electron chi connectivity index (χ1n) is 7.31. The van der Waals surface area contributed by atoms with Crippen molar-refractivity contribution < 1.29 is 23.8 Å². The first-order valence-corrected chi connectivity index (χ1v) is 7.31. The maximum Gasteiger partial charge on any atom is 0.347 e. The van der Waals surface area contributed by atoms with Crippen LogP contribution in [-0.2, 0) is 15.1 Å². The fraction of sp³-hybridized carbons (Fsp3) is 0.211. The lowest BCUT2D eigenvalue weighted by Crippen LogP contribution is -2.38. The largest absolute Gasteiger partial charge is 0.497 e. The summed E-state index contributed by atoms with van der Waals surface area (Å²) in [5.41, 5.74) is -0.804. The molecule has 0 saturated heterocycles. The highest BCUT2D eigenvalue weighted by Crippen LogP contribution is 2.33. The Morgan fingerprint density at radius 1 is 1.17 bits per heavy atom. The van der Waals surface area contributed by atoms with Crippen molar-refractivity contribution in [3.8, 4) is 5.75 Å². The van der Waals surface area contributed by atoms with Crippen molar-refractivity contribution in [2.24, 2.45) is 0 Å². The van der Waals surface area contributed by atoms with Crippen molar-refractivity contribution >= 4 is 12.0 Å². The summed E-state index contributed by atoms with van der Waals surface area (Å²) in [4.78, 5) is 12.3. The summed E-state index contributed by atoms with van der Waals surface area (Å²) in [5.74, 6) is -0.627. The summed E-state index contributed by atoms with van der Waals surface area (Å²) < 4.78 is 23.2. The first-order chi connectivity index (χ1) is 11.4. The lowest BCUT2D eigenvalue weighted by molar-refractivity contribution is -0.159. The van der Waals surface area contributed by atoms with Crippen LogP contribution in [0.3, 0.4) is 0 Å². The fourth-order valence-corrected chi connectivity index (χ4v) is 2.44. The molecule has 0 aliphatic rings. The third-order valence-corrected chi connectivity index (χ3v) is 3.79. The molecule has 126 valence electrons. The van der Waals surface area contributed by atoms with Gasteiger partial charge in [-0.1, -0.05) is 30.3 Å². The second-order valence-corrected chi connectivity index (χ2v) is 5.31. The van der Waals surface area contributed by atoms with Gasteiger partial charge in [0.05, 0.1) is 14.2 Å². The SMILES string of the molecule is COC(=O)C(O)(/C(C)=C/c1cccc(F)c1)c1ccc(OC)cc1. The van der Waals surface area contributed by atoms with Crippen LogP contribution >= 0.6 is 0 Å². The van der Waals surface area contributed by atoms with Gasteiger partial charge in [0.1, 0.15) is 11.6 Å². The molecule has 0 amide bonds. The van der Waals surface area contributed by atoms with Gasteiger partial charge in [0, 0.05) is 0 Å². The molecule has 2 aromatic rings. The van der Waals surface area contributed by atoms with Gasteiger partial charge in [-0.05, 0) is 47.9 Å². The van der Waals surface area contributed by atoms with Gasteiger partial charge in [-0.25, -0.2) is 9.18 Å². The molecule has 0 radical (unpaired) electrons. The van der Waals surface area contributed by atoms with Gasteiger partial charge in [-0.15, -0.1) is 0 Å². The highest BCUT2D eigenvalue weighted by molar-refractivity contribution is 5.86. The summed E-state index contributed by atoms with van der Waals surface area (Å²) in [5, 5.41) is 11.0. The normalized spacial score (nSPS) is 14.0. The van der Waals surface area contributed by atoms with E-state index in [0.29, 0.717) is 22.4 Å². The van der Waals surface area contributed by atoms with Gasteiger partial charge in [-0.2, -0.15) is 0 Å². The number of esters is 1. The van der Waals surface area contributed by atoms with Crippen LogP contribution in [0.4, 0.5) is 4.39 Å². The quantitative estimate of drug-likeness (QED) is 0.855. The second kappa shape index (κ2) is 7.27. The molecule has 0 aliphatic heterocycles. The molecular formula is C19H19FO4. The van der Waals surface area contributed by atoms with E-state index in [2.05, 4.69) is 0 Å². The minimum absolute atomic E-state index is 0.310. The number of hydrogen-bond acceptors (Lipinski definition) is 4. The lowest BCUT2D eigenvalue weighted by Gasteiger charge is -2.27. The molecule has 1 atom stereocenters. The molecule has 0 saturated carbocycles. The fourth-order valence-electron chi connectivity index (χ4n) is 2.44. The van der Waals surface area contributed by atoms with Crippen LogP contribution in [-0.4, -0.2) is 25.3 Å². The maximum atomic E-state index is 13.3. The van der Waals surface area contributed by atoms with E-state index in [-0.39, 0.29) is 0 Å². The molecule has 24 heavy (non-hydrogen) atoms. The molecule has 0 aliphatic carbocycles. The zero-order valence-corrected chi connectivity index (χ0v) is 13.7. The van der Waals surface area contributed by atoms with Crippen LogP contribution < -0.4 is 4.74 Å². The van der Waals surface area contributed by atoms with E-state index >= 15 is 0 Å². The van der Waals surface area contributed by atoms with Gasteiger partial charge in [0.15, 0.2) is 0 Å². The van der Waals surface area contributed by atoms with Crippen molar-refractivity contribution in [3.05, 3.63) is 71.0 Å². The Labute approximate surface area is 140 Å². The van der Waals surface area contributed by atoms with Crippen LogP contribution in [0.15, 0.2) is 54.1 Å². The average molecular weight is 330 g/mol. The van der Waals surface area contributed by atoms with Crippen LogP contribution in [0, 0.1) is 5.82 Å². The van der Waals surface area contributed by atoms with Gasteiger partial charge in [0.2, 0.25) is 5.60 Å². The molecule has 2 rings (SSSR count). The van der Waals surface area contributed by atoms with Crippen LogP contribution in [0.1, 0.15) is 18.1 Å². The van der Waals surface area contributed by atoms with E-state index < -0.39 is 17.4 Å². The summed E-state index contributed by atoms with van der Waals surface area (Å²) in [6, 6.07) is 12.3. The molecule has 2 aromatic carbocycles. The minimum Gasteiger partial charge on any atom is -0.497 e. The number of carbonyl (C=O) groups excluding carboxylic acids is 1. The van der Waals surface area contributed by atoms with Gasteiger partial charge >= 0.3 is 5.97 Å². The summed E-state index contributed by atoms with van der Waals surface area (Å²) in [6.07, 6.45) is 1.55. The molecule has 0 aromatic heterocycles. The number of halogens is 1. The summed E-state index contributed by atoms with van der Waals surface area (Å²) in [7, 11) is 2.73. The molecule has 5 heteroatoms. The third kappa shape index (κ3) is 3.46. The van der Waals surface area contributed by atoms with Gasteiger partial charge in [-0.3, -0.25) is 0 Å². The summed E-state index contributed by atoms with van der Waals surface area (Å²) >= 11 is 0. The van der Waals surface area contributed by atoms with Gasteiger partial charge < -0.3 is 14.6 Å². The van der Waals surface area contributed by atoms with Gasteiger partial charge in [0.25, 0.3) is 0 Å². The Balaban J connectivity index is 2.51. The molecule has 0 fully saturated rings. The van der Waals surface area contributed by atoms with Crippen molar-refractivity contribution in [1.29, 1.82) is 0 Å². The van der Waals surface area contributed by atoms with Crippen molar-refractivity contribution in [2.45, 2.75) is 12.5 Å². The average Bonchev–Trinajstić information content (AvgIpc) is 2.60. The van der Waals surface area contributed by atoms with Crippen LogP contribution in [0.5, 0.6) is 5.75 Å². The van der Waals surface area contributed by atoms with Crippen LogP contribution in [0.2, 0.25) is 0 Å². The Hall–Kier alpha value is -2.66. The minimum atomic E-state index is -1.98. The van der Waals surface area contributed by atoms with Crippen molar-refractivity contribution in [1.82, 2.24) is 0 Å². The molecule has 0 heterocycles. The van der Waals surface area contributed by atoms with Crippen LogP contribution in [0.25, 0.3) is 6.08 Å². The van der Waals surface area contributed by atoms with E-state index in [1.165, 1.54) is 26.4 Å². The Bertz CT molecular complexity index is 752. The summed E-state index contributed by atoms with van der Waals surface area (Å²) in [6.45, 7) is 1.59. The molecule has 4 nitrogen and oxygen atoms in total. The first kappa shape index (κ1) is 17.7. The molecule has 0 spiro atoms. The van der Waals surface area contributed by atoms with Crippen molar-refractivity contribution in [3.63, 3.8) is 0 Å². The van der Waals surface area contributed by atoms with Crippen molar-refractivity contribution in [2.75, 3.05) is 14.2 Å². The standard InChI is InChI=1S/C19H19FO4/c1-13(11-14-5-4-6-16(20)12-14)19(22,18(21)24-3)15-7-9-17(23-2)10-8-15/h4-12,22H,1-3H3/b13-11+. The maximum absolute atomic E-state index is 13.3. The number of rotatable bonds is 5. The number of carbonyl (C=O) groups is 1. The highest BCUT2D eigenvalue weighted by Gasteiger charge is 2.41. The third-order valence-electron chi connectivity index (χ3n) is 3.79. The van der Waals surface area contributed by atoms with E-state index in [1.807, 2.05) is 0 Å². The number of ether oxygens (including phenoxy) is 2. The number of benzene rings is 2. The number of methoxy groups -OCH3 is 2.